The topological polar surface area (TPSA) is 3.24 Å². The largest absolute Gasteiger partial charge is 0.310 e. The third kappa shape index (κ3) is 4.09. The Morgan fingerprint density at radius 3 is 1.76 bits per heavy atom. The van der Waals surface area contributed by atoms with Crippen LogP contribution in [0.3, 0.4) is 0 Å². The summed E-state index contributed by atoms with van der Waals surface area (Å²) in [7, 11) is 0. The van der Waals surface area contributed by atoms with E-state index in [2.05, 4.69) is 183 Å². The average Bonchev–Trinajstić information content (AvgIpc) is 3.34. The minimum atomic E-state index is -0.0780. The zero-order valence-corrected chi connectivity index (χ0v) is 26.0. The van der Waals surface area contributed by atoms with E-state index in [1.807, 2.05) is 0 Å². The van der Waals surface area contributed by atoms with E-state index in [4.69, 9.17) is 0 Å². The number of hydrogen-bond donors (Lipinski definition) is 0. The zero-order chi connectivity index (χ0) is 30.8. The van der Waals surface area contributed by atoms with Crippen LogP contribution in [0.25, 0.3) is 54.6 Å². The molecule has 0 aliphatic heterocycles. The number of rotatable bonds is 4. The molecule has 1 aliphatic carbocycles. The standard InChI is InChI=1S/C45H33N/c1-45(2)43-15-9-8-14-40(43)41-27-24-36(29-44(41)45)46(34-21-16-31(17-22-34)30-10-4-3-5-11-30)35-23-18-33-20-25-38-37-13-7-6-12-32(37)19-26-39(38)42(33)28-35/h3-29H,1-2H3. The summed E-state index contributed by atoms with van der Waals surface area (Å²) in [5.74, 6) is 0. The van der Waals surface area contributed by atoms with E-state index in [0.29, 0.717) is 0 Å². The molecule has 0 amide bonds. The third-order valence-electron chi connectivity index (χ3n) is 10.0. The van der Waals surface area contributed by atoms with Crippen molar-refractivity contribution in [1.82, 2.24) is 0 Å². The predicted octanol–water partition coefficient (Wildman–Crippen LogP) is 12.6. The number of anilines is 3. The molecule has 0 bridgehead atoms. The Labute approximate surface area is 270 Å². The average molecular weight is 588 g/mol. The van der Waals surface area contributed by atoms with Gasteiger partial charge in [0.15, 0.2) is 0 Å². The molecule has 0 atom stereocenters. The number of fused-ring (bicyclic) bond motifs is 8. The number of nitrogens with zero attached hydrogens (tertiary/aromatic N) is 1. The van der Waals surface area contributed by atoms with Crippen molar-refractivity contribution >= 4 is 49.4 Å². The maximum atomic E-state index is 2.42. The van der Waals surface area contributed by atoms with Crippen LogP contribution in [-0.2, 0) is 5.41 Å². The Balaban J connectivity index is 1.25. The second-order valence-electron chi connectivity index (χ2n) is 13.0. The molecule has 0 unspecified atom stereocenters. The first kappa shape index (κ1) is 26.7. The summed E-state index contributed by atoms with van der Waals surface area (Å²) in [4.78, 5) is 2.42. The van der Waals surface area contributed by atoms with Crippen molar-refractivity contribution in [3.8, 4) is 22.3 Å². The van der Waals surface area contributed by atoms with Crippen molar-refractivity contribution in [2.24, 2.45) is 0 Å². The van der Waals surface area contributed by atoms with Crippen LogP contribution in [0.2, 0.25) is 0 Å². The highest BCUT2D eigenvalue weighted by Crippen LogP contribution is 2.50. The van der Waals surface area contributed by atoms with Crippen LogP contribution >= 0.6 is 0 Å². The van der Waals surface area contributed by atoms with E-state index in [9.17, 15) is 0 Å². The summed E-state index contributed by atoms with van der Waals surface area (Å²) in [6, 6.07) is 60.2. The fourth-order valence-electron chi connectivity index (χ4n) is 7.66. The Bertz CT molecular complexity index is 2430. The molecule has 0 saturated carbocycles. The molecule has 0 fully saturated rings. The van der Waals surface area contributed by atoms with Crippen LogP contribution in [0, 0.1) is 0 Å². The highest BCUT2D eigenvalue weighted by atomic mass is 15.1. The maximum Gasteiger partial charge on any atom is 0.0468 e. The lowest BCUT2D eigenvalue weighted by atomic mass is 9.82. The number of hydrogen-bond acceptors (Lipinski definition) is 1. The van der Waals surface area contributed by atoms with Crippen LogP contribution in [0.1, 0.15) is 25.0 Å². The minimum Gasteiger partial charge on any atom is -0.310 e. The second-order valence-corrected chi connectivity index (χ2v) is 13.0. The Morgan fingerprint density at radius 2 is 0.935 bits per heavy atom. The van der Waals surface area contributed by atoms with Gasteiger partial charge in [0, 0.05) is 22.5 Å². The van der Waals surface area contributed by atoms with Crippen LogP contribution in [-0.4, -0.2) is 0 Å². The molecule has 46 heavy (non-hydrogen) atoms. The van der Waals surface area contributed by atoms with Crippen molar-refractivity contribution in [2.75, 3.05) is 4.90 Å². The number of benzene rings is 8. The Hall–Kier alpha value is -5.66. The SMILES string of the molecule is CC1(C)c2ccccc2-c2ccc(N(c3ccc(-c4ccccc4)cc3)c3ccc4ccc5c6ccccc6ccc5c4c3)cc21. The molecule has 218 valence electrons. The van der Waals surface area contributed by atoms with Gasteiger partial charge in [0.1, 0.15) is 0 Å². The van der Waals surface area contributed by atoms with Crippen molar-refractivity contribution in [2.45, 2.75) is 19.3 Å². The van der Waals surface area contributed by atoms with Gasteiger partial charge in [-0.05, 0) is 102 Å². The molecular formula is C45H33N. The van der Waals surface area contributed by atoms with Crippen molar-refractivity contribution in [3.05, 3.63) is 175 Å². The molecule has 1 aliphatic rings. The molecule has 0 N–H and O–H groups in total. The summed E-state index contributed by atoms with van der Waals surface area (Å²) in [6.45, 7) is 4.71. The summed E-state index contributed by atoms with van der Waals surface area (Å²) >= 11 is 0. The first-order valence-corrected chi connectivity index (χ1v) is 16.1. The van der Waals surface area contributed by atoms with Gasteiger partial charge in [0.25, 0.3) is 0 Å². The van der Waals surface area contributed by atoms with E-state index < -0.39 is 0 Å². The molecule has 9 rings (SSSR count). The molecule has 1 heteroatoms. The fourth-order valence-corrected chi connectivity index (χ4v) is 7.66. The molecule has 0 heterocycles. The van der Waals surface area contributed by atoms with E-state index in [0.717, 1.165) is 17.1 Å². The molecule has 0 aromatic heterocycles. The summed E-state index contributed by atoms with van der Waals surface area (Å²) < 4.78 is 0. The quantitative estimate of drug-likeness (QED) is 0.185. The summed E-state index contributed by atoms with van der Waals surface area (Å²) in [6.07, 6.45) is 0. The second kappa shape index (κ2) is 10.2. The zero-order valence-electron chi connectivity index (χ0n) is 26.0. The maximum absolute atomic E-state index is 2.42. The first-order valence-electron chi connectivity index (χ1n) is 16.1. The van der Waals surface area contributed by atoms with Gasteiger partial charge < -0.3 is 4.90 Å². The van der Waals surface area contributed by atoms with Crippen LogP contribution < -0.4 is 4.90 Å². The smallest absolute Gasteiger partial charge is 0.0468 e. The lowest BCUT2D eigenvalue weighted by Crippen LogP contribution is -2.16. The van der Waals surface area contributed by atoms with Gasteiger partial charge in [0.05, 0.1) is 0 Å². The van der Waals surface area contributed by atoms with Gasteiger partial charge in [0.2, 0.25) is 0 Å². The van der Waals surface area contributed by atoms with Gasteiger partial charge in [-0.2, -0.15) is 0 Å². The van der Waals surface area contributed by atoms with Crippen LogP contribution in [0.15, 0.2) is 164 Å². The monoisotopic (exact) mass is 587 g/mol. The van der Waals surface area contributed by atoms with Crippen LogP contribution in [0.5, 0.6) is 0 Å². The summed E-state index contributed by atoms with van der Waals surface area (Å²) in [5, 5.41) is 7.65. The molecule has 1 nitrogen and oxygen atoms in total. The Morgan fingerprint density at radius 1 is 0.370 bits per heavy atom. The van der Waals surface area contributed by atoms with E-state index in [-0.39, 0.29) is 5.41 Å². The van der Waals surface area contributed by atoms with Crippen molar-refractivity contribution < 1.29 is 0 Å². The summed E-state index contributed by atoms with van der Waals surface area (Å²) in [5.41, 5.74) is 11.3. The van der Waals surface area contributed by atoms with Crippen molar-refractivity contribution in [3.63, 3.8) is 0 Å². The van der Waals surface area contributed by atoms with Gasteiger partial charge in [-0.15, -0.1) is 0 Å². The molecule has 8 aromatic carbocycles. The third-order valence-corrected chi connectivity index (χ3v) is 10.0. The fraction of sp³-hybridized carbons (Fsp3) is 0.0667. The highest BCUT2D eigenvalue weighted by Gasteiger charge is 2.35. The van der Waals surface area contributed by atoms with Crippen LogP contribution in [0.4, 0.5) is 17.1 Å². The first-order chi connectivity index (χ1) is 22.6. The van der Waals surface area contributed by atoms with Crippen molar-refractivity contribution in [1.29, 1.82) is 0 Å². The van der Waals surface area contributed by atoms with Gasteiger partial charge in [-0.3, -0.25) is 0 Å². The van der Waals surface area contributed by atoms with E-state index in [1.54, 1.807) is 0 Å². The minimum absolute atomic E-state index is 0.0780. The molecule has 0 saturated heterocycles. The predicted molar refractivity (Wildman–Crippen MR) is 197 cm³/mol. The van der Waals surface area contributed by atoms with Gasteiger partial charge in [-0.1, -0.05) is 141 Å². The molecule has 0 radical (unpaired) electrons. The highest BCUT2D eigenvalue weighted by molar-refractivity contribution is 6.17. The Kier molecular flexibility index (Phi) is 5.92. The van der Waals surface area contributed by atoms with Gasteiger partial charge >= 0.3 is 0 Å². The lowest BCUT2D eigenvalue weighted by Gasteiger charge is -2.28. The van der Waals surface area contributed by atoms with Gasteiger partial charge in [-0.25, -0.2) is 0 Å². The molecule has 0 spiro atoms. The lowest BCUT2D eigenvalue weighted by molar-refractivity contribution is 0.660. The molecular weight excluding hydrogens is 555 g/mol. The van der Waals surface area contributed by atoms with E-state index in [1.165, 1.54) is 65.7 Å². The molecule has 8 aromatic rings. The normalized spacial score (nSPS) is 13.2. The van der Waals surface area contributed by atoms with E-state index >= 15 is 0 Å².